The lowest BCUT2D eigenvalue weighted by Gasteiger charge is -2.22. The minimum Gasteiger partial charge on any atom is -0.389 e. The van der Waals surface area contributed by atoms with E-state index in [1.165, 1.54) is 0 Å². The Bertz CT molecular complexity index is 385. The Morgan fingerprint density at radius 2 is 2.31 bits per heavy atom. The lowest BCUT2D eigenvalue weighted by atomic mass is 10.0. The largest absolute Gasteiger partial charge is 0.389 e. The molecule has 0 bridgehead atoms. The third-order valence-electron chi connectivity index (χ3n) is 3.16. The van der Waals surface area contributed by atoms with Gasteiger partial charge >= 0.3 is 0 Å². The number of hydrogen-bond donors (Lipinski definition) is 1. The average molecular weight is 222 g/mol. The van der Waals surface area contributed by atoms with E-state index in [4.69, 9.17) is 4.74 Å². The fraction of sp³-hybridized carbons (Fsp3) is 0.667. The van der Waals surface area contributed by atoms with Crippen molar-refractivity contribution in [3.8, 4) is 0 Å². The van der Waals surface area contributed by atoms with Gasteiger partial charge in [0.15, 0.2) is 5.82 Å². The van der Waals surface area contributed by atoms with Crippen LogP contribution in [0.15, 0.2) is 6.20 Å². The highest BCUT2D eigenvalue weighted by Gasteiger charge is 2.34. The molecule has 4 heteroatoms. The van der Waals surface area contributed by atoms with E-state index in [1.54, 1.807) is 13.1 Å². The second-order valence-corrected chi connectivity index (χ2v) is 4.59. The van der Waals surface area contributed by atoms with Crippen molar-refractivity contribution in [3.05, 3.63) is 23.3 Å². The summed E-state index contributed by atoms with van der Waals surface area (Å²) in [5.41, 5.74) is 1.27. The van der Waals surface area contributed by atoms with Crippen LogP contribution in [0.1, 0.15) is 49.9 Å². The number of nitrogens with zero attached hydrogens (tertiary/aromatic N) is 2. The Morgan fingerprint density at radius 3 is 2.81 bits per heavy atom. The van der Waals surface area contributed by atoms with Crippen molar-refractivity contribution in [1.29, 1.82) is 0 Å². The topological polar surface area (TPSA) is 55.2 Å². The Labute approximate surface area is 95.7 Å². The van der Waals surface area contributed by atoms with Crippen LogP contribution in [0.3, 0.4) is 0 Å². The average Bonchev–Trinajstić information content (AvgIpc) is 2.66. The van der Waals surface area contributed by atoms with E-state index in [2.05, 4.69) is 9.97 Å². The van der Waals surface area contributed by atoms with Crippen molar-refractivity contribution in [2.75, 3.05) is 6.61 Å². The summed E-state index contributed by atoms with van der Waals surface area (Å²) < 4.78 is 5.69. The molecule has 1 fully saturated rings. The summed E-state index contributed by atoms with van der Waals surface area (Å²) in [7, 11) is 0. The van der Waals surface area contributed by atoms with Crippen molar-refractivity contribution in [2.24, 2.45) is 0 Å². The van der Waals surface area contributed by atoms with E-state index in [0.29, 0.717) is 0 Å². The van der Waals surface area contributed by atoms with E-state index in [1.807, 2.05) is 13.8 Å². The first-order valence-corrected chi connectivity index (χ1v) is 5.69. The summed E-state index contributed by atoms with van der Waals surface area (Å²) in [6.07, 6.45) is 3.19. The van der Waals surface area contributed by atoms with Gasteiger partial charge in [0.1, 0.15) is 5.60 Å². The summed E-state index contributed by atoms with van der Waals surface area (Å²) in [6, 6.07) is 0. The molecule has 88 valence electrons. The zero-order valence-corrected chi connectivity index (χ0v) is 10.0. The third-order valence-corrected chi connectivity index (χ3v) is 3.16. The molecule has 1 aliphatic heterocycles. The van der Waals surface area contributed by atoms with Gasteiger partial charge in [-0.05, 0) is 33.6 Å². The molecule has 16 heavy (non-hydrogen) atoms. The smallest absolute Gasteiger partial charge is 0.160 e. The highest BCUT2D eigenvalue weighted by Crippen LogP contribution is 2.33. The van der Waals surface area contributed by atoms with Gasteiger partial charge in [-0.15, -0.1) is 0 Å². The molecule has 0 aliphatic carbocycles. The van der Waals surface area contributed by atoms with E-state index in [-0.39, 0.29) is 5.60 Å². The van der Waals surface area contributed by atoms with Gasteiger partial charge in [0, 0.05) is 24.1 Å². The Hall–Kier alpha value is -1.00. The summed E-state index contributed by atoms with van der Waals surface area (Å²) in [4.78, 5) is 8.77. The van der Waals surface area contributed by atoms with Crippen molar-refractivity contribution < 1.29 is 9.84 Å². The molecule has 1 unspecified atom stereocenters. The normalized spacial score (nSPS) is 27.0. The molecular formula is C12H18N2O2. The lowest BCUT2D eigenvalue weighted by molar-refractivity contribution is 0.00903. The maximum Gasteiger partial charge on any atom is 0.160 e. The lowest BCUT2D eigenvalue weighted by Crippen LogP contribution is -2.24. The van der Waals surface area contributed by atoms with Crippen LogP contribution in [0.4, 0.5) is 0 Å². The van der Waals surface area contributed by atoms with Crippen molar-refractivity contribution >= 4 is 0 Å². The zero-order valence-electron chi connectivity index (χ0n) is 10.0. The van der Waals surface area contributed by atoms with Crippen LogP contribution in [0.5, 0.6) is 0 Å². The Morgan fingerprint density at radius 1 is 1.56 bits per heavy atom. The van der Waals surface area contributed by atoms with Crippen LogP contribution in [-0.4, -0.2) is 21.7 Å². The second kappa shape index (κ2) is 4.11. The van der Waals surface area contributed by atoms with Crippen LogP contribution in [0.25, 0.3) is 0 Å². The third kappa shape index (κ3) is 1.95. The highest BCUT2D eigenvalue weighted by atomic mass is 16.5. The Kier molecular flexibility index (Phi) is 2.95. The Balaban J connectivity index is 2.34. The van der Waals surface area contributed by atoms with E-state index >= 15 is 0 Å². The van der Waals surface area contributed by atoms with Gasteiger partial charge in [0.05, 0.1) is 6.10 Å². The maximum absolute atomic E-state index is 9.51. The van der Waals surface area contributed by atoms with Gasteiger partial charge in [-0.2, -0.15) is 0 Å². The number of aliphatic hydroxyl groups excluding tert-OH is 1. The maximum atomic E-state index is 9.51. The monoisotopic (exact) mass is 222 g/mol. The minimum atomic E-state index is -0.522. The molecule has 2 heterocycles. The molecule has 1 aromatic heterocycles. The van der Waals surface area contributed by atoms with Crippen molar-refractivity contribution in [2.45, 2.75) is 45.3 Å². The highest BCUT2D eigenvalue weighted by molar-refractivity contribution is 5.20. The molecule has 2 atom stereocenters. The van der Waals surface area contributed by atoms with Gasteiger partial charge in [-0.3, -0.25) is 0 Å². The number of rotatable bonds is 2. The predicted molar refractivity (Wildman–Crippen MR) is 59.9 cm³/mol. The van der Waals surface area contributed by atoms with Crippen LogP contribution in [-0.2, 0) is 10.3 Å². The first-order valence-electron chi connectivity index (χ1n) is 5.69. The van der Waals surface area contributed by atoms with Crippen LogP contribution in [0, 0.1) is 6.92 Å². The number of aromatic nitrogens is 2. The summed E-state index contributed by atoms with van der Waals surface area (Å²) in [5, 5.41) is 9.51. The summed E-state index contributed by atoms with van der Waals surface area (Å²) in [5.74, 6) is 0.729. The van der Waals surface area contributed by atoms with Gasteiger partial charge in [0.25, 0.3) is 0 Å². The molecule has 0 saturated carbocycles. The number of hydrogen-bond acceptors (Lipinski definition) is 4. The van der Waals surface area contributed by atoms with Gasteiger partial charge in [-0.25, -0.2) is 9.97 Å². The van der Waals surface area contributed by atoms with Gasteiger partial charge in [-0.1, -0.05) is 0 Å². The van der Waals surface area contributed by atoms with Crippen molar-refractivity contribution in [1.82, 2.24) is 9.97 Å². The standard InChI is InChI=1S/C12H18N2O2/c1-8-10(9(2)15)7-13-11(14-8)12(3)5-4-6-16-12/h7,9,15H,4-6H2,1-3H3/t9-,12?/m1/s1. The van der Waals surface area contributed by atoms with E-state index < -0.39 is 6.10 Å². The molecule has 1 saturated heterocycles. The van der Waals surface area contributed by atoms with Crippen LogP contribution >= 0.6 is 0 Å². The number of ether oxygens (including phenoxy) is 1. The molecule has 0 spiro atoms. The van der Waals surface area contributed by atoms with Gasteiger partial charge in [0.2, 0.25) is 0 Å². The first kappa shape index (κ1) is 11.5. The number of aliphatic hydroxyl groups is 1. The summed E-state index contributed by atoms with van der Waals surface area (Å²) >= 11 is 0. The van der Waals surface area contributed by atoms with Crippen LogP contribution in [0.2, 0.25) is 0 Å². The number of aryl methyl sites for hydroxylation is 1. The quantitative estimate of drug-likeness (QED) is 0.830. The predicted octanol–water partition coefficient (Wildman–Crippen LogP) is 1.86. The summed E-state index contributed by atoms with van der Waals surface area (Å²) in [6.45, 7) is 6.42. The molecule has 4 nitrogen and oxygen atoms in total. The second-order valence-electron chi connectivity index (χ2n) is 4.59. The first-order chi connectivity index (χ1) is 7.53. The van der Waals surface area contributed by atoms with Crippen molar-refractivity contribution in [3.63, 3.8) is 0 Å². The zero-order chi connectivity index (χ0) is 11.8. The minimum absolute atomic E-state index is 0.345. The molecular weight excluding hydrogens is 204 g/mol. The van der Waals surface area contributed by atoms with E-state index in [9.17, 15) is 5.11 Å². The fourth-order valence-corrected chi connectivity index (χ4v) is 2.10. The molecule has 0 amide bonds. The van der Waals surface area contributed by atoms with Crippen LogP contribution < -0.4 is 0 Å². The molecule has 2 rings (SSSR count). The van der Waals surface area contributed by atoms with Gasteiger partial charge < -0.3 is 9.84 Å². The van der Waals surface area contributed by atoms with E-state index in [0.717, 1.165) is 36.5 Å². The molecule has 0 aromatic carbocycles. The SMILES string of the molecule is Cc1nc(C2(C)CCCO2)ncc1[C@@H](C)O. The fourth-order valence-electron chi connectivity index (χ4n) is 2.10. The molecule has 0 radical (unpaired) electrons. The molecule has 1 aromatic rings. The molecule has 1 aliphatic rings. The molecule has 1 N–H and O–H groups in total.